The Morgan fingerprint density at radius 1 is 1.00 bits per heavy atom. The van der Waals surface area contributed by atoms with Gasteiger partial charge < -0.3 is 9.47 Å². The normalized spacial score (nSPS) is 18.3. The number of hydrazine groups is 1. The van der Waals surface area contributed by atoms with E-state index in [4.69, 9.17) is 9.47 Å². The molecule has 2 aliphatic rings. The number of benzene rings is 2. The summed E-state index contributed by atoms with van der Waals surface area (Å²) in [5.74, 6) is -1.42. The Kier molecular flexibility index (Phi) is 4.23. The fourth-order valence-electron chi connectivity index (χ4n) is 3.41. The first kappa shape index (κ1) is 17.6. The number of esters is 1. The number of anilines is 2. The third-order valence-corrected chi connectivity index (χ3v) is 4.67. The summed E-state index contributed by atoms with van der Waals surface area (Å²) >= 11 is 0. The Labute approximate surface area is 160 Å². The van der Waals surface area contributed by atoms with E-state index in [1.54, 1.807) is 48.5 Å². The van der Waals surface area contributed by atoms with Crippen LogP contribution < -0.4 is 20.1 Å². The number of ether oxygens (including phenoxy) is 2. The SMILES string of the molecule is COC(=O)C1=C2C(=O)N(c3ccccc3OC)C(=O)[C@@H]2N(c2ccccc2)N1. The van der Waals surface area contributed by atoms with Crippen LogP contribution in [0.3, 0.4) is 0 Å². The van der Waals surface area contributed by atoms with E-state index in [0.29, 0.717) is 17.1 Å². The van der Waals surface area contributed by atoms with Crippen LogP contribution in [-0.4, -0.2) is 38.0 Å². The second kappa shape index (κ2) is 6.73. The summed E-state index contributed by atoms with van der Waals surface area (Å²) in [6, 6.07) is 14.7. The maximum atomic E-state index is 13.3. The zero-order valence-electron chi connectivity index (χ0n) is 15.2. The van der Waals surface area contributed by atoms with Crippen LogP contribution in [0.2, 0.25) is 0 Å². The molecule has 1 atom stereocenters. The van der Waals surface area contributed by atoms with Crippen LogP contribution in [0, 0.1) is 0 Å². The van der Waals surface area contributed by atoms with Gasteiger partial charge in [0.2, 0.25) is 0 Å². The van der Waals surface area contributed by atoms with Crippen molar-refractivity contribution in [2.24, 2.45) is 0 Å². The minimum Gasteiger partial charge on any atom is -0.495 e. The maximum absolute atomic E-state index is 13.3. The highest BCUT2D eigenvalue weighted by molar-refractivity contribution is 6.34. The molecular weight excluding hydrogens is 362 g/mol. The summed E-state index contributed by atoms with van der Waals surface area (Å²) < 4.78 is 10.1. The van der Waals surface area contributed by atoms with Crippen LogP contribution in [0.25, 0.3) is 0 Å². The van der Waals surface area contributed by atoms with Crippen LogP contribution in [0.15, 0.2) is 65.9 Å². The Morgan fingerprint density at radius 2 is 1.68 bits per heavy atom. The fourth-order valence-corrected chi connectivity index (χ4v) is 3.41. The lowest BCUT2D eigenvalue weighted by Gasteiger charge is -2.26. The monoisotopic (exact) mass is 379 g/mol. The molecule has 0 radical (unpaired) electrons. The van der Waals surface area contributed by atoms with Gasteiger partial charge in [-0.2, -0.15) is 0 Å². The molecule has 2 amide bonds. The van der Waals surface area contributed by atoms with E-state index in [0.717, 1.165) is 4.90 Å². The van der Waals surface area contributed by atoms with E-state index in [1.165, 1.54) is 19.2 Å². The molecule has 2 aromatic rings. The van der Waals surface area contributed by atoms with Crippen LogP contribution in [-0.2, 0) is 19.1 Å². The van der Waals surface area contributed by atoms with E-state index in [2.05, 4.69) is 5.43 Å². The number of fused-ring (bicyclic) bond motifs is 1. The largest absolute Gasteiger partial charge is 0.495 e. The molecule has 0 aromatic heterocycles. The standard InChI is InChI=1S/C20H17N3O5/c1-27-14-11-7-6-10-13(14)22-18(24)15-16(20(26)28-2)21-23(17(15)19(22)25)12-8-4-3-5-9-12/h3-11,17,21H,1-2H3/t17-/m1/s1. The molecule has 1 saturated heterocycles. The van der Waals surface area contributed by atoms with Gasteiger partial charge >= 0.3 is 5.97 Å². The van der Waals surface area contributed by atoms with E-state index >= 15 is 0 Å². The zero-order chi connectivity index (χ0) is 19.8. The highest BCUT2D eigenvalue weighted by Gasteiger charge is 2.54. The third kappa shape index (κ3) is 2.50. The Morgan fingerprint density at radius 3 is 2.36 bits per heavy atom. The summed E-state index contributed by atoms with van der Waals surface area (Å²) in [4.78, 5) is 39.8. The van der Waals surface area contributed by atoms with E-state index in [1.807, 2.05) is 6.07 Å². The number of rotatable bonds is 4. The number of para-hydroxylation sites is 3. The minimum atomic E-state index is -0.992. The van der Waals surface area contributed by atoms with E-state index in [9.17, 15) is 14.4 Å². The molecule has 142 valence electrons. The number of hydrogen-bond donors (Lipinski definition) is 1. The second-order valence-electron chi connectivity index (χ2n) is 6.15. The first-order valence-corrected chi connectivity index (χ1v) is 8.53. The molecule has 8 heteroatoms. The average Bonchev–Trinajstić information content (AvgIpc) is 3.25. The van der Waals surface area contributed by atoms with Gasteiger partial charge in [0.05, 0.1) is 31.2 Å². The van der Waals surface area contributed by atoms with Crippen LogP contribution >= 0.6 is 0 Å². The van der Waals surface area contributed by atoms with Crippen molar-refractivity contribution < 1.29 is 23.9 Å². The van der Waals surface area contributed by atoms with Crippen molar-refractivity contribution >= 4 is 29.2 Å². The summed E-state index contributed by atoms with van der Waals surface area (Å²) in [6.07, 6.45) is 0. The highest BCUT2D eigenvalue weighted by Crippen LogP contribution is 2.39. The third-order valence-electron chi connectivity index (χ3n) is 4.67. The molecule has 4 rings (SSSR count). The van der Waals surface area contributed by atoms with Gasteiger partial charge in [0.1, 0.15) is 5.75 Å². The summed E-state index contributed by atoms with van der Waals surface area (Å²) in [7, 11) is 2.68. The van der Waals surface area contributed by atoms with Crippen LogP contribution in [0.4, 0.5) is 11.4 Å². The quantitative estimate of drug-likeness (QED) is 0.634. The first-order chi connectivity index (χ1) is 13.6. The van der Waals surface area contributed by atoms with Crippen molar-refractivity contribution in [3.8, 4) is 5.75 Å². The zero-order valence-corrected chi connectivity index (χ0v) is 15.2. The molecule has 0 saturated carbocycles. The van der Waals surface area contributed by atoms with Crippen molar-refractivity contribution in [2.75, 3.05) is 24.1 Å². The highest BCUT2D eigenvalue weighted by atomic mass is 16.5. The van der Waals surface area contributed by atoms with Gasteiger partial charge in [0.25, 0.3) is 11.8 Å². The average molecular weight is 379 g/mol. The number of imide groups is 1. The Bertz CT molecular complexity index is 1000. The molecule has 2 aliphatic heterocycles. The van der Waals surface area contributed by atoms with Crippen molar-refractivity contribution in [3.63, 3.8) is 0 Å². The lowest BCUT2D eigenvalue weighted by Crippen LogP contribution is -2.46. The number of nitrogens with one attached hydrogen (secondary N) is 1. The lowest BCUT2D eigenvalue weighted by atomic mass is 10.1. The van der Waals surface area contributed by atoms with E-state index < -0.39 is 23.8 Å². The fraction of sp³-hybridized carbons (Fsp3) is 0.150. The van der Waals surface area contributed by atoms with Gasteiger partial charge in [-0.25, -0.2) is 9.69 Å². The number of amides is 2. The molecule has 0 spiro atoms. The van der Waals surface area contributed by atoms with E-state index in [-0.39, 0.29) is 11.3 Å². The van der Waals surface area contributed by atoms with Crippen molar-refractivity contribution in [1.82, 2.24) is 5.43 Å². The number of carbonyl (C=O) groups excluding carboxylic acids is 3. The predicted octanol–water partition coefficient (Wildman–Crippen LogP) is 1.39. The number of hydrogen-bond acceptors (Lipinski definition) is 7. The van der Waals surface area contributed by atoms with Crippen molar-refractivity contribution in [3.05, 3.63) is 65.9 Å². The predicted molar refractivity (Wildman–Crippen MR) is 100 cm³/mol. The molecule has 28 heavy (non-hydrogen) atoms. The molecule has 2 heterocycles. The first-order valence-electron chi connectivity index (χ1n) is 8.53. The Balaban J connectivity index is 1.85. The van der Waals surface area contributed by atoms with Gasteiger partial charge in [-0.1, -0.05) is 30.3 Å². The lowest BCUT2D eigenvalue weighted by molar-refractivity contribution is -0.136. The number of methoxy groups -OCH3 is 2. The molecule has 0 bridgehead atoms. The molecule has 2 aromatic carbocycles. The number of nitrogens with zero attached hydrogens (tertiary/aromatic N) is 2. The molecule has 8 nitrogen and oxygen atoms in total. The molecule has 0 aliphatic carbocycles. The van der Waals surface area contributed by atoms with Crippen LogP contribution in [0.1, 0.15) is 0 Å². The summed E-state index contributed by atoms with van der Waals surface area (Å²) in [6.45, 7) is 0. The van der Waals surface area contributed by atoms with Gasteiger partial charge in [0.15, 0.2) is 11.7 Å². The molecular formula is C20H17N3O5. The van der Waals surface area contributed by atoms with Gasteiger partial charge in [-0.05, 0) is 24.3 Å². The Hall–Kier alpha value is -3.81. The minimum absolute atomic E-state index is 0.0478. The number of carbonyl (C=O) groups is 3. The van der Waals surface area contributed by atoms with Crippen molar-refractivity contribution in [1.29, 1.82) is 0 Å². The summed E-state index contributed by atoms with van der Waals surface area (Å²) in [5, 5.41) is 1.50. The van der Waals surface area contributed by atoms with Gasteiger partial charge in [-0.15, -0.1) is 0 Å². The van der Waals surface area contributed by atoms with Gasteiger partial charge in [0, 0.05) is 0 Å². The second-order valence-corrected chi connectivity index (χ2v) is 6.15. The van der Waals surface area contributed by atoms with Crippen LogP contribution in [0.5, 0.6) is 5.75 Å². The smallest absolute Gasteiger partial charge is 0.356 e. The maximum Gasteiger partial charge on any atom is 0.356 e. The molecule has 1 N–H and O–H groups in total. The molecule has 1 fully saturated rings. The van der Waals surface area contributed by atoms with Crippen molar-refractivity contribution in [2.45, 2.75) is 6.04 Å². The van der Waals surface area contributed by atoms with Gasteiger partial charge in [-0.3, -0.25) is 20.0 Å². The topological polar surface area (TPSA) is 88.2 Å². The summed E-state index contributed by atoms with van der Waals surface area (Å²) in [5.41, 5.74) is 3.81. The molecule has 0 unspecified atom stereocenters.